The molecule has 1 aromatic rings. The Labute approximate surface area is 116 Å². The first-order chi connectivity index (χ1) is 9.47. The number of carbonyl (C=O) groups excluding carboxylic acids is 1. The molecule has 1 saturated carbocycles. The first-order valence-electron chi connectivity index (χ1n) is 6.58. The molecule has 1 aromatic carbocycles. The Kier molecular flexibility index (Phi) is 4.12. The van der Waals surface area contributed by atoms with Crippen LogP contribution in [0.5, 0.6) is 17.2 Å². The van der Waals surface area contributed by atoms with E-state index in [1.165, 1.54) is 6.42 Å². The number of amides is 1. The highest BCUT2D eigenvalue weighted by Gasteiger charge is 2.16. The molecule has 0 spiro atoms. The van der Waals surface area contributed by atoms with Gasteiger partial charge in [0.25, 0.3) is 5.91 Å². The zero-order valence-corrected chi connectivity index (χ0v) is 11.3. The molecule has 1 aliphatic carbocycles. The second-order valence-electron chi connectivity index (χ2n) is 5.18. The summed E-state index contributed by atoms with van der Waals surface area (Å²) >= 11 is 0. The quantitative estimate of drug-likeness (QED) is 0.491. The number of phenols is 3. The highest BCUT2D eigenvalue weighted by molar-refractivity contribution is 5.96. The fourth-order valence-corrected chi connectivity index (χ4v) is 2.29. The number of carbonyl (C=O) groups is 1. The van der Waals surface area contributed by atoms with Crippen LogP contribution in [0.2, 0.25) is 0 Å². The smallest absolute Gasteiger partial charge is 0.271 e. The predicted octanol–water partition coefficient (Wildman–Crippen LogP) is 2.10. The van der Waals surface area contributed by atoms with Gasteiger partial charge in [-0.05, 0) is 43.7 Å². The second kappa shape index (κ2) is 5.81. The Bertz CT molecular complexity index is 531. The Morgan fingerprint density at radius 3 is 2.55 bits per heavy atom. The van der Waals surface area contributed by atoms with Gasteiger partial charge in [0.05, 0.1) is 0 Å². The number of nitrogens with zero attached hydrogens (tertiary/aromatic N) is 1. The van der Waals surface area contributed by atoms with E-state index in [9.17, 15) is 20.1 Å². The molecule has 6 heteroatoms. The van der Waals surface area contributed by atoms with Crippen LogP contribution in [0.3, 0.4) is 0 Å². The number of benzene rings is 1. The fourth-order valence-electron chi connectivity index (χ4n) is 2.29. The van der Waals surface area contributed by atoms with Crippen LogP contribution in [0.15, 0.2) is 17.2 Å². The average Bonchev–Trinajstić information content (AvgIpc) is 2.41. The van der Waals surface area contributed by atoms with E-state index in [0.717, 1.165) is 37.1 Å². The number of hydrazone groups is 1. The van der Waals surface area contributed by atoms with Crippen LogP contribution >= 0.6 is 0 Å². The lowest BCUT2D eigenvalue weighted by Gasteiger charge is -2.18. The molecular formula is C14H18N2O4. The van der Waals surface area contributed by atoms with Crippen LogP contribution in [0.4, 0.5) is 0 Å². The van der Waals surface area contributed by atoms with Crippen LogP contribution < -0.4 is 5.43 Å². The lowest BCUT2D eigenvalue weighted by molar-refractivity contribution is 0.0953. The molecule has 0 bridgehead atoms. The van der Waals surface area contributed by atoms with Crippen LogP contribution in [0.1, 0.15) is 43.0 Å². The maximum Gasteiger partial charge on any atom is 0.271 e. The van der Waals surface area contributed by atoms with Crippen molar-refractivity contribution in [3.63, 3.8) is 0 Å². The average molecular weight is 278 g/mol. The van der Waals surface area contributed by atoms with Gasteiger partial charge in [-0.2, -0.15) is 5.10 Å². The normalized spacial score (nSPS) is 20.9. The van der Waals surface area contributed by atoms with Gasteiger partial charge in [0.2, 0.25) is 0 Å². The molecule has 1 amide bonds. The third-order valence-corrected chi connectivity index (χ3v) is 3.39. The maximum absolute atomic E-state index is 11.9. The zero-order chi connectivity index (χ0) is 14.7. The summed E-state index contributed by atoms with van der Waals surface area (Å²) in [7, 11) is 0. The number of rotatable bonds is 2. The summed E-state index contributed by atoms with van der Waals surface area (Å²) in [5.74, 6) is -1.71. The standard InChI is InChI=1S/C14H18N2O4/c1-8-3-2-4-10(5-8)15-16-14(20)9-6-11(17)13(19)12(18)7-9/h6-8,17-19H,2-5H2,1H3,(H,16,20). The molecule has 6 nitrogen and oxygen atoms in total. The fraction of sp³-hybridized carbons (Fsp3) is 0.429. The van der Waals surface area contributed by atoms with E-state index >= 15 is 0 Å². The van der Waals surface area contributed by atoms with Crippen molar-refractivity contribution in [1.29, 1.82) is 0 Å². The van der Waals surface area contributed by atoms with Crippen molar-refractivity contribution in [2.45, 2.75) is 32.6 Å². The minimum Gasteiger partial charge on any atom is -0.504 e. The third kappa shape index (κ3) is 3.20. The highest BCUT2D eigenvalue weighted by atomic mass is 16.3. The molecule has 0 radical (unpaired) electrons. The maximum atomic E-state index is 11.9. The first kappa shape index (κ1) is 14.2. The Hall–Kier alpha value is -2.24. The molecule has 0 saturated heterocycles. The minimum absolute atomic E-state index is 0.0333. The van der Waals surface area contributed by atoms with E-state index in [1.807, 2.05) is 0 Å². The van der Waals surface area contributed by atoms with Crippen molar-refractivity contribution in [2.24, 2.45) is 11.0 Å². The molecule has 0 heterocycles. The topological polar surface area (TPSA) is 102 Å². The van der Waals surface area contributed by atoms with E-state index in [4.69, 9.17) is 0 Å². The van der Waals surface area contributed by atoms with Gasteiger partial charge in [-0.25, -0.2) is 5.43 Å². The largest absolute Gasteiger partial charge is 0.504 e. The number of hydrogen-bond donors (Lipinski definition) is 4. The van der Waals surface area contributed by atoms with E-state index in [1.54, 1.807) is 0 Å². The summed E-state index contributed by atoms with van der Waals surface area (Å²) < 4.78 is 0. The van der Waals surface area contributed by atoms with Crippen LogP contribution in [0, 0.1) is 5.92 Å². The van der Waals surface area contributed by atoms with Crippen molar-refractivity contribution >= 4 is 11.6 Å². The van der Waals surface area contributed by atoms with E-state index in [-0.39, 0.29) is 5.56 Å². The summed E-state index contributed by atoms with van der Waals surface area (Å²) in [5, 5.41) is 32.0. The van der Waals surface area contributed by atoms with Gasteiger partial charge in [0.1, 0.15) is 0 Å². The number of nitrogens with one attached hydrogen (secondary N) is 1. The van der Waals surface area contributed by atoms with Gasteiger partial charge in [0.15, 0.2) is 17.2 Å². The van der Waals surface area contributed by atoms with Gasteiger partial charge in [0, 0.05) is 11.3 Å². The lowest BCUT2D eigenvalue weighted by Crippen LogP contribution is -2.22. The number of phenolic OH excluding ortho intramolecular Hbond substituents is 3. The molecule has 2 rings (SSSR count). The summed E-state index contributed by atoms with van der Waals surface area (Å²) in [6.45, 7) is 2.15. The predicted molar refractivity (Wildman–Crippen MR) is 74.0 cm³/mol. The van der Waals surface area contributed by atoms with Gasteiger partial charge in [-0.1, -0.05) is 6.92 Å². The Morgan fingerprint density at radius 1 is 1.30 bits per heavy atom. The van der Waals surface area contributed by atoms with Crippen molar-refractivity contribution in [2.75, 3.05) is 0 Å². The molecular weight excluding hydrogens is 260 g/mol. The molecule has 1 atom stereocenters. The Balaban J connectivity index is 2.07. The zero-order valence-electron chi connectivity index (χ0n) is 11.3. The monoisotopic (exact) mass is 278 g/mol. The molecule has 1 fully saturated rings. The summed E-state index contributed by atoms with van der Waals surface area (Å²) in [5.41, 5.74) is 3.39. The SMILES string of the molecule is CC1CCCC(=NNC(=O)c2cc(O)c(O)c(O)c2)C1. The molecule has 1 aliphatic rings. The van der Waals surface area contributed by atoms with E-state index in [2.05, 4.69) is 17.5 Å². The first-order valence-corrected chi connectivity index (χ1v) is 6.58. The molecule has 0 aromatic heterocycles. The summed E-state index contributed by atoms with van der Waals surface area (Å²) in [6.07, 6.45) is 3.98. The highest BCUT2D eigenvalue weighted by Crippen LogP contribution is 2.35. The van der Waals surface area contributed by atoms with Crippen molar-refractivity contribution in [3.8, 4) is 17.2 Å². The molecule has 108 valence electrons. The van der Waals surface area contributed by atoms with Crippen LogP contribution in [-0.2, 0) is 0 Å². The van der Waals surface area contributed by atoms with Crippen LogP contribution in [-0.4, -0.2) is 26.9 Å². The molecule has 1 unspecified atom stereocenters. The van der Waals surface area contributed by atoms with Gasteiger partial charge in [-0.3, -0.25) is 4.79 Å². The Morgan fingerprint density at radius 2 is 1.95 bits per heavy atom. The van der Waals surface area contributed by atoms with Crippen molar-refractivity contribution in [1.82, 2.24) is 5.43 Å². The number of aromatic hydroxyl groups is 3. The second-order valence-corrected chi connectivity index (χ2v) is 5.18. The third-order valence-electron chi connectivity index (χ3n) is 3.39. The van der Waals surface area contributed by atoms with Crippen molar-refractivity contribution in [3.05, 3.63) is 17.7 Å². The van der Waals surface area contributed by atoms with Gasteiger partial charge < -0.3 is 15.3 Å². The lowest BCUT2D eigenvalue weighted by atomic mass is 9.89. The number of hydrogen-bond acceptors (Lipinski definition) is 5. The van der Waals surface area contributed by atoms with Gasteiger partial charge in [-0.15, -0.1) is 0 Å². The van der Waals surface area contributed by atoms with Gasteiger partial charge >= 0.3 is 0 Å². The van der Waals surface area contributed by atoms with Crippen LogP contribution in [0.25, 0.3) is 0 Å². The van der Waals surface area contributed by atoms with E-state index < -0.39 is 23.2 Å². The molecule has 4 N–H and O–H groups in total. The molecule has 20 heavy (non-hydrogen) atoms. The summed E-state index contributed by atoms with van der Waals surface area (Å²) in [6, 6.07) is 2.15. The summed E-state index contributed by atoms with van der Waals surface area (Å²) in [4.78, 5) is 11.9. The van der Waals surface area contributed by atoms with Crippen molar-refractivity contribution < 1.29 is 20.1 Å². The minimum atomic E-state index is -0.644. The van der Waals surface area contributed by atoms with E-state index in [0.29, 0.717) is 5.92 Å². The molecule has 0 aliphatic heterocycles.